The lowest BCUT2D eigenvalue weighted by Crippen LogP contribution is -2.57. The van der Waals surface area contributed by atoms with E-state index in [4.69, 9.17) is 17.2 Å². The molecule has 35 heavy (non-hydrogen) atoms. The van der Waals surface area contributed by atoms with Crippen LogP contribution in [0.1, 0.15) is 39.2 Å². The Morgan fingerprint density at radius 1 is 0.914 bits per heavy atom. The number of nitrogens with two attached hydrogens (primary N) is 3. The summed E-state index contributed by atoms with van der Waals surface area (Å²) in [6, 6.07) is 4.95. The van der Waals surface area contributed by atoms with E-state index in [0.717, 1.165) is 5.56 Å². The lowest BCUT2D eigenvalue weighted by Gasteiger charge is -2.26. The van der Waals surface area contributed by atoms with Crippen molar-refractivity contribution in [3.8, 4) is 0 Å². The fraction of sp³-hybridized carbons (Fsp3) is 0.522. The molecule has 0 fully saturated rings. The van der Waals surface area contributed by atoms with Crippen LogP contribution in [-0.2, 0) is 25.6 Å². The van der Waals surface area contributed by atoms with Crippen LogP contribution in [0.4, 0.5) is 0 Å². The highest BCUT2D eigenvalue weighted by Gasteiger charge is 2.31. The fourth-order valence-corrected chi connectivity index (χ4v) is 3.17. The molecule has 194 valence electrons. The number of guanidine groups is 1. The van der Waals surface area contributed by atoms with Crippen LogP contribution in [0.25, 0.3) is 0 Å². The molecule has 10 N–H and O–H groups in total. The van der Waals surface area contributed by atoms with E-state index in [1.807, 2.05) is 6.07 Å². The van der Waals surface area contributed by atoms with Crippen LogP contribution in [0.5, 0.6) is 0 Å². The number of benzene rings is 1. The van der Waals surface area contributed by atoms with Gasteiger partial charge in [0.1, 0.15) is 18.1 Å². The molecule has 0 aliphatic heterocycles. The third kappa shape index (κ3) is 10.9. The first-order valence-electron chi connectivity index (χ1n) is 11.4. The number of hydrogen-bond acceptors (Lipinski definition) is 6. The van der Waals surface area contributed by atoms with Crippen LogP contribution in [-0.4, -0.2) is 65.5 Å². The monoisotopic (exact) mass is 491 g/mol. The molecule has 0 saturated heterocycles. The topological polar surface area (TPSA) is 215 Å². The molecule has 3 amide bonds. The molecule has 4 atom stereocenters. The minimum Gasteiger partial charge on any atom is -0.480 e. The van der Waals surface area contributed by atoms with Crippen molar-refractivity contribution in [2.75, 3.05) is 6.54 Å². The van der Waals surface area contributed by atoms with Gasteiger partial charge in [0.2, 0.25) is 17.7 Å². The summed E-state index contributed by atoms with van der Waals surface area (Å²) in [4.78, 5) is 53.8. The molecule has 1 aromatic rings. The number of carboxylic acid groups (broad SMARTS) is 1. The molecule has 0 spiro atoms. The molecule has 0 aliphatic rings. The van der Waals surface area contributed by atoms with Crippen molar-refractivity contribution in [3.05, 3.63) is 35.9 Å². The van der Waals surface area contributed by atoms with Crippen molar-refractivity contribution in [3.63, 3.8) is 0 Å². The van der Waals surface area contributed by atoms with Crippen LogP contribution in [0, 0.1) is 5.92 Å². The molecule has 0 aromatic heterocycles. The van der Waals surface area contributed by atoms with E-state index in [1.54, 1.807) is 38.1 Å². The molecule has 0 aliphatic carbocycles. The van der Waals surface area contributed by atoms with E-state index in [9.17, 15) is 24.3 Å². The third-order valence-corrected chi connectivity index (χ3v) is 5.14. The Bertz CT molecular complexity index is 886. The smallest absolute Gasteiger partial charge is 0.326 e. The second kappa shape index (κ2) is 14.6. The first-order valence-corrected chi connectivity index (χ1v) is 11.4. The van der Waals surface area contributed by atoms with Crippen molar-refractivity contribution in [1.29, 1.82) is 0 Å². The van der Waals surface area contributed by atoms with Crippen LogP contribution in [0.2, 0.25) is 0 Å². The van der Waals surface area contributed by atoms with Gasteiger partial charge in [-0.15, -0.1) is 0 Å². The molecule has 0 saturated carbocycles. The minimum absolute atomic E-state index is 0.109. The highest BCUT2D eigenvalue weighted by molar-refractivity contribution is 5.94. The molecule has 0 heterocycles. The number of carbonyl (C=O) groups excluding carboxylic acids is 3. The summed E-state index contributed by atoms with van der Waals surface area (Å²) in [5, 5.41) is 17.2. The Labute approximate surface area is 205 Å². The zero-order chi connectivity index (χ0) is 26.5. The summed E-state index contributed by atoms with van der Waals surface area (Å²) in [6.45, 7) is 5.02. The van der Waals surface area contributed by atoms with E-state index in [2.05, 4.69) is 20.9 Å². The average Bonchev–Trinajstić information content (AvgIpc) is 2.78. The predicted octanol–water partition coefficient (Wildman–Crippen LogP) is -1.18. The maximum absolute atomic E-state index is 13.2. The number of nitrogens with zero attached hydrogens (tertiary/aromatic N) is 1. The van der Waals surface area contributed by atoms with E-state index in [-0.39, 0.29) is 31.3 Å². The number of carboxylic acids is 1. The molecular formula is C23H37N7O5. The summed E-state index contributed by atoms with van der Waals surface area (Å²) >= 11 is 0. The summed E-state index contributed by atoms with van der Waals surface area (Å²) in [7, 11) is 0. The Hall–Kier alpha value is -3.67. The minimum atomic E-state index is -1.19. The SMILES string of the molecule is CC(N)C(=O)NC(Cc1ccccc1)C(=O)NC(CCCN=C(N)N)C(=O)NC(C(=O)O)C(C)C. The largest absolute Gasteiger partial charge is 0.480 e. The number of hydrogen-bond donors (Lipinski definition) is 7. The highest BCUT2D eigenvalue weighted by Crippen LogP contribution is 2.08. The fourth-order valence-electron chi connectivity index (χ4n) is 3.17. The summed E-state index contributed by atoms with van der Waals surface area (Å²) < 4.78 is 0. The van der Waals surface area contributed by atoms with Gasteiger partial charge >= 0.3 is 5.97 Å². The van der Waals surface area contributed by atoms with Crippen molar-refractivity contribution in [1.82, 2.24) is 16.0 Å². The van der Waals surface area contributed by atoms with E-state index in [0.29, 0.717) is 6.42 Å². The van der Waals surface area contributed by atoms with Gasteiger partial charge in [-0.1, -0.05) is 44.2 Å². The normalized spacial score (nSPS) is 14.2. The number of rotatable bonds is 14. The Morgan fingerprint density at radius 2 is 1.49 bits per heavy atom. The number of aliphatic carboxylic acids is 1. The molecule has 1 rings (SSSR count). The number of nitrogens with one attached hydrogen (secondary N) is 3. The van der Waals surface area contributed by atoms with Crippen molar-refractivity contribution >= 4 is 29.7 Å². The molecular weight excluding hydrogens is 454 g/mol. The summed E-state index contributed by atoms with van der Waals surface area (Å²) in [5.41, 5.74) is 17.1. The molecule has 4 unspecified atom stereocenters. The number of carbonyl (C=O) groups is 4. The highest BCUT2D eigenvalue weighted by atomic mass is 16.4. The molecule has 12 nitrogen and oxygen atoms in total. The first kappa shape index (κ1) is 29.4. The maximum Gasteiger partial charge on any atom is 0.326 e. The van der Waals surface area contributed by atoms with Crippen LogP contribution in [0.15, 0.2) is 35.3 Å². The van der Waals surface area contributed by atoms with Crippen molar-refractivity contribution in [2.45, 2.75) is 64.2 Å². The van der Waals surface area contributed by atoms with Gasteiger partial charge in [0.05, 0.1) is 6.04 Å². The quantitative estimate of drug-likeness (QED) is 0.0953. The third-order valence-electron chi connectivity index (χ3n) is 5.14. The Kier molecular flexibility index (Phi) is 12.2. The summed E-state index contributed by atoms with van der Waals surface area (Å²) in [6.07, 6.45) is 0.639. The maximum atomic E-state index is 13.2. The molecule has 0 bridgehead atoms. The van der Waals surface area contributed by atoms with Crippen LogP contribution < -0.4 is 33.2 Å². The first-order chi connectivity index (χ1) is 16.4. The second-order valence-corrected chi connectivity index (χ2v) is 8.62. The lowest BCUT2D eigenvalue weighted by atomic mass is 10.0. The van der Waals surface area contributed by atoms with Gasteiger partial charge in [-0.2, -0.15) is 0 Å². The van der Waals surface area contributed by atoms with Gasteiger partial charge in [0, 0.05) is 13.0 Å². The van der Waals surface area contributed by atoms with Crippen molar-refractivity contribution in [2.24, 2.45) is 28.1 Å². The standard InChI is InChI=1S/C23H37N7O5/c1-13(2)18(22(34)35)30-20(32)16(10-7-11-27-23(25)26)28-21(33)17(29-19(31)14(3)24)12-15-8-5-4-6-9-15/h4-6,8-9,13-14,16-18H,7,10-12,24H2,1-3H3,(H,28,33)(H,29,31)(H,30,32)(H,34,35)(H4,25,26,27). The van der Waals surface area contributed by atoms with Crippen LogP contribution >= 0.6 is 0 Å². The van der Waals surface area contributed by atoms with Gasteiger partial charge in [-0.05, 0) is 31.2 Å². The van der Waals surface area contributed by atoms with Crippen LogP contribution in [0.3, 0.4) is 0 Å². The van der Waals surface area contributed by atoms with Gasteiger partial charge in [0.15, 0.2) is 5.96 Å². The molecule has 0 radical (unpaired) electrons. The van der Waals surface area contributed by atoms with Gasteiger partial charge in [0.25, 0.3) is 0 Å². The van der Waals surface area contributed by atoms with Gasteiger partial charge < -0.3 is 38.3 Å². The second-order valence-electron chi connectivity index (χ2n) is 8.62. The van der Waals surface area contributed by atoms with Crippen molar-refractivity contribution < 1.29 is 24.3 Å². The summed E-state index contributed by atoms with van der Waals surface area (Å²) in [5.74, 6) is -3.49. The molecule has 1 aromatic carbocycles. The van der Waals surface area contributed by atoms with Gasteiger partial charge in [-0.3, -0.25) is 19.4 Å². The van der Waals surface area contributed by atoms with Gasteiger partial charge in [-0.25, -0.2) is 4.79 Å². The van der Waals surface area contributed by atoms with E-state index >= 15 is 0 Å². The van der Waals surface area contributed by atoms with E-state index in [1.165, 1.54) is 6.92 Å². The van der Waals surface area contributed by atoms with E-state index < -0.39 is 47.9 Å². The zero-order valence-corrected chi connectivity index (χ0v) is 20.4. The number of amides is 3. The predicted molar refractivity (Wildman–Crippen MR) is 132 cm³/mol. The zero-order valence-electron chi connectivity index (χ0n) is 20.4. The lowest BCUT2D eigenvalue weighted by molar-refractivity contribution is -0.143. The Balaban J connectivity index is 3.09. The Morgan fingerprint density at radius 3 is 2.00 bits per heavy atom. The molecule has 12 heteroatoms. The average molecular weight is 492 g/mol. The number of aliphatic imine (C=N–C) groups is 1.